The van der Waals surface area contributed by atoms with E-state index in [2.05, 4.69) is 35.6 Å². The van der Waals surface area contributed by atoms with Crippen LogP contribution in [0.5, 0.6) is 11.5 Å². The summed E-state index contributed by atoms with van der Waals surface area (Å²) in [4.78, 5) is 19.3. The lowest BCUT2D eigenvalue weighted by atomic mass is 9.71. The first kappa shape index (κ1) is 27.7. The number of carbonyl (C=O) groups is 1. The SMILES string of the molecule is O=C1CC(c2ccccc2OCc2ccccc2)CC2Nc3ccccc3N=C(c3cccc(OCc4ccccc4)c3)C12. The van der Waals surface area contributed by atoms with Gasteiger partial charge in [0.1, 0.15) is 30.5 Å². The third-order valence-corrected chi connectivity index (χ3v) is 8.49. The van der Waals surface area contributed by atoms with E-state index < -0.39 is 0 Å². The number of anilines is 1. The van der Waals surface area contributed by atoms with Gasteiger partial charge in [-0.1, -0.05) is 103 Å². The summed E-state index contributed by atoms with van der Waals surface area (Å²) < 4.78 is 12.5. The van der Waals surface area contributed by atoms with Gasteiger partial charge >= 0.3 is 0 Å². The quantitative estimate of drug-likeness (QED) is 0.201. The minimum Gasteiger partial charge on any atom is -0.489 e. The number of aliphatic imine (C=N–C) groups is 1. The monoisotopic (exact) mass is 578 g/mol. The van der Waals surface area contributed by atoms with E-state index in [1.807, 2.05) is 103 Å². The molecular formula is C39H34N2O3. The number of Topliss-reactive ketones (excluding diaryl/α,β-unsaturated/α-hetero) is 1. The molecule has 3 unspecified atom stereocenters. The first-order valence-electron chi connectivity index (χ1n) is 15.2. The Labute approximate surface area is 258 Å². The summed E-state index contributed by atoms with van der Waals surface area (Å²) >= 11 is 0. The minimum atomic E-state index is -0.388. The number of carbonyl (C=O) groups excluding carboxylic acids is 1. The molecule has 1 N–H and O–H groups in total. The van der Waals surface area contributed by atoms with Gasteiger partial charge in [-0.15, -0.1) is 0 Å². The van der Waals surface area contributed by atoms with Crippen LogP contribution in [0.4, 0.5) is 11.4 Å². The molecule has 2 aliphatic rings. The normalized spacial score (nSPS) is 19.0. The zero-order chi connectivity index (χ0) is 29.7. The molecule has 3 atom stereocenters. The summed E-state index contributed by atoms with van der Waals surface area (Å²) in [5, 5.41) is 3.72. The Kier molecular flexibility index (Phi) is 7.92. The number of fused-ring (bicyclic) bond motifs is 2. The molecule has 0 amide bonds. The number of ether oxygens (including phenoxy) is 2. The third-order valence-electron chi connectivity index (χ3n) is 8.49. The van der Waals surface area contributed by atoms with Gasteiger partial charge in [0, 0.05) is 18.0 Å². The van der Waals surface area contributed by atoms with E-state index in [1.165, 1.54) is 0 Å². The maximum absolute atomic E-state index is 14.2. The lowest BCUT2D eigenvalue weighted by Crippen LogP contribution is -2.44. The molecule has 0 spiro atoms. The average molecular weight is 579 g/mol. The lowest BCUT2D eigenvalue weighted by molar-refractivity contribution is -0.123. The van der Waals surface area contributed by atoms with E-state index in [9.17, 15) is 4.79 Å². The Morgan fingerprint density at radius 1 is 0.705 bits per heavy atom. The number of ketones is 1. The van der Waals surface area contributed by atoms with Gasteiger partial charge < -0.3 is 14.8 Å². The fourth-order valence-electron chi connectivity index (χ4n) is 6.35. The van der Waals surface area contributed by atoms with Gasteiger partial charge in [-0.3, -0.25) is 4.79 Å². The number of hydrogen-bond acceptors (Lipinski definition) is 5. The maximum atomic E-state index is 14.2. The van der Waals surface area contributed by atoms with Gasteiger partial charge in [-0.05, 0) is 59.4 Å². The number of nitrogens with zero attached hydrogens (tertiary/aromatic N) is 1. The molecule has 5 aromatic carbocycles. The fourth-order valence-corrected chi connectivity index (χ4v) is 6.35. The molecule has 1 aliphatic heterocycles. The molecule has 5 nitrogen and oxygen atoms in total. The zero-order valence-electron chi connectivity index (χ0n) is 24.4. The van der Waals surface area contributed by atoms with Gasteiger partial charge in [0.15, 0.2) is 0 Å². The molecular weight excluding hydrogens is 544 g/mol. The summed E-state index contributed by atoms with van der Waals surface area (Å²) in [7, 11) is 0. The van der Waals surface area contributed by atoms with E-state index >= 15 is 0 Å². The largest absolute Gasteiger partial charge is 0.489 e. The highest BCUT2D eigenvalue weighted by Gasteiger charge is 2.42. The van der Waals surface area contributed by atoms with Crippen molar-refractivity contribution in [3.05, 3.63) is 156 Å². The van der Waals surface area contributed by atoms with Crippen molar-refractivity contribution in [3.8, 4) is 11.5 Å². The van der Waals surface area contributed by atoms with Crippen molar-refractivity contribution in [2.45, 2.75) is 38.0 Å². The van der Waals surface area contributed by atoms with Gasteiger partial charge in [0.25, 0.3) is 0 Å². The highest BCUT2D eigenvalue weighted by molar-refractivity contribution is 6.16. The van der Waals surface area contributed by atoms with Crippen LogP contribution in [0.3, 0.4) is 0 Å². The molecule has 1 heterocycles. The second-order valence-corrected chi connectivity index (χ2v) is 11.5. The fraction of sp³-hybridized carbons (Fsp3) is 0.179. The second-order valence-electron chi connectivity index (χ2n) is 11.5. The number of benzene rings is 5. The molecule has 5 heteroatoms. The van der Waals surface area contributed by atoms with E-state index in [1.54, 1.807) is 0 Å². The van der Waals surface area contributed by atoms with Crippen molar-refractivity contribution >= 4 is 22.9 Å². The number of hydrogen-bond donors (Lipinski definition) is 1. The Morgan fingerprint density at radius 3 is 2.18 bits per heavy atom. The van der Waals surface area contributed by atoms with Gasteiger partial charge in [-0.25, -0.2) is 4.99 Å². The van der Waals surface area contributed by atoms with Crippen LogP contribution in [0.1, 0.15) is 41.0 Å². The van der Waals surface area contributed by atoms with Gasteiger partial charge in [-0.2, -0.15) is 0 Å². The second kappa shape index (κ2) is 12.6. The van der Waals surface area contributed by atoms with Crippen molar-refractivity contribution < 1.29 is 14.3 Å². The molecule has 44 heavy (non-hydrogen) atoms. The molecule has 1 saturated carbocycles. The standard InChI is InChI=1S/C39H34N2O3/c42-36-24-30(32-18-7-10-21-37(32)44-26-28-14-5-2-6-15-28)23-35-38(36)39(41-34-20-9-8-19-33(34)40-35)29-16-11-17-31(22-29)43-25-27-12-3-1-4-13-27/h1-22,30,35,38,40H,23-26H2. The van der Waals surface area contributed by atoms with Crippen LogP contribution in [0.15, 0.2) is 138 Å². The Morgan fingerprint density at radius 2 is 1.39 bits per heavy atom. The highest BCUT2D eigenvalue weighted by atomic mass is 16.5. The van der Waals surface area contributed by atoms with Crippen LogP contribution >= 0.6 is 0 Å². The van der Waals surface area contributed by atoms with Crippen molar-refractivity contribution in [2.75, 3.05) is 5.32 Å². The Bertz CT molecular complexity index is 1780. The molecule has 218 valence electrons. The predicted molar refractivity (Wildman–Crippen MR) is 175 cm³/mol. The summed E-state index contributed by atoms with van der Waals surface area (Å²) in [6, 6.07) is 44.3. The molecule has 1 aliphatic carbocycles. The van der Waals surface area contributed by atoms with Crippen molar-refractivity contribution in [2.24, 2.45) is 10.9 Å². The van der Waals surface area contributed by atoms with Crippen molar-refractivity contribution in [1.82, 2.24) is 0 Å². The van der Waals surface area contributed by atoms with Crippen molar-refractivity contribution in [1.29, 1.82) is 0 Å². The molecule has 5 aromatic rings. The van der Waals surface area contributed by atoms with Gasteiger partial charge in [0.05, 0.1) is 23.0 Å². The summed E-state index contributed by atoms with van der Waals surface area (Å²) in [5.74, 6) is 1.40. The predicted octanol–water partition coefficient (Wildman–Crippen LogP) is 8.52. The molecule has 7 rings (SSSR count). The van der Waals surface area contributed by atoms with Crippen molar-refractivity contribution in [3.63, 3.8) is 0 Å². The Balaban J connectivity index is 1.18. The first-order valence-corrected chi connectivity index (χ1v) is 15.2. The molecule has 0 saturated heterocycles. The van der Waals surface area contributed by atoms with Gasteiger partial charge in [0.2, 0.25) is 0 Å². The van der Waals surface area contributed by atoms with E-state index in [4.69, 9.17) is 14.5 Å². The first-order chi connectivity index (χ1) is 21.7. The Hall–Kier alpha value is -5.16. The van der Waals surface area contributed by atoms with Crippen LogP contribution in [-0.4, -0.2) is 17.5 Å². The highest BCUT2D eigenvalue weighted by Crippen LogP contribution is 2.43. The van der Waals surface area contributed by atoms with Crippen LogP contribution < -0.4 is 14.8 Å². The average Bonchev–Trinajstić information content (AvgIpc) is 3.25. The summed E-state index contributed by atoms with van der Waals surface area (Å²) in [6.45, 7) is 0.954. The summed E-state index contributed by atoms with van der Waals surface area (Å²) in [5.41, 5.74) is 6.75. The van der Waals surface area contributed by atoms with E-state index in [0.29, 0.717) is 19.6 Å². The third kappa shape index (κ3) is 6.00. The maximum Gasteiger partial charge on any atom is 0.144 e. The van der Waals surface area contributed by atoms with E-state index in [-0.39, 0.29) is 23.7 Å². The number of nitrogens with one attached hydrogen (secondary N) is 1. The van der Waals surface area contributed by atoms with Crippen LogP contribution in [0.2, 0.25) is 0 Å². The molecule has 0 radical (unpaired) electrons. The van der Waals surface area contributed by atoms with Crippen LogP contribution in [0.25, 0.3) is 0 Å². The zero-order valence-corrected chi connectivity index (χ0v) is 24.4. The lowest BCUT2D eigenvalue weighted by Gasteiger charge is -2.36. The smallest absolute Gasteiger partial charge is 0.144 e. The molecule has 1 fully saturated rings. The minimum absolute atomic E-state index is 0.0234. The summed E-state index contributed by atoms with van der Waals surface area (Å²) in [6.07, 6.45) is 1.20. The number of rotatable bonds is 8. The molecule has 0 aromatic heterocycles. The number of para-hydroxylation sites is 3. The van der Waals surface area contributed by atoms with Crippen LogP contribution in [-0.2, 0) is 18.0 Å². The topological polar surface area (TPSA) is 59.9 Å². The van der Waals surface area contributed by atoms with E-state index in [0.717, 1.165) is 57.3 Å². The molecule has 0 bridgehead atoms. The van der Waals surface area contributed by atoms with Crippen LogP contribution in [0, 0.1) is 5.92 Å².